The summed E-state index contributed by atoms with van der Waals surface area (Å²) in [5.74, 6) is -0.124. The van der Waals surface area contributed by atoms with Gasteiger partial charge in [0.05, 0.1) is 0 Å². The molecule has 0 fully saturated rings. The van der Waals surface area contributed by atoms with Gasteiger partial charge in [0, 0.05) is 0 Å². The smallest absolute Gasteiger partial charge is 0.406 e. The second kappa shape index (κ2) is 3.52. The second-order valence-electron chi connectivity index (χ2n) is 3.18. The number of halogens is 3. The molecule has 1 nitrogen and oxygen atoms in total. The van der Waals surface area contributed by atoms with E-state index in [0.717, 1.165) is 11.1 Å². The summed E-state index contributed by atoms with van der Waals surface area (Å²) in [7, 11) is 0. The number of hydrogen-bond acceptors (Lipinski definition) is 1. The lowest BCUT2D eigenvalue weighted by Crippen LogP contribution is -2.18. The lowest BCUT2D eigenvalue weighted by atomic mass is 10.0. The Morgan fingerprint density at radius 2 is 1.57 bits per heavy atom. The summed E-state index contributed by atoms with van der Waals surface area (Å²) in [6.07, 6.45) is -4.62. The Morgan fingerprint density at radius 3 is 2.07 bits per heavy atom. The molecule has 0 amide bonds. The van der Waals surface area contributed by atoms with Crippen LogP contribution in [0.2, 0.25) is 0 Å². The van der Waals surface area contributed by atoms with Crippen LogP contribution in [0, 0.1) is 20.8 Å². The maximum atomic E-state index is 11.9. The molecule has 0 radical (unpaired) electrons. The standard InChI is InChI=1S/C10H11F3O/c1-6-4-5-9(8(3)7(6)2)14-10(11,12)13/h4-5H,1-3H3. The van der Waals surface area contributed by atoms with Gasteiger partial charge in [-0.1, -0.05) is 6.07 Å². The SMILES string of the molecule is Cc1ccc(OC(F)(F)F)c(C)c1C. The van der Waals surface area contributed by atoms with Crippen molar-refractivity contribution in [2.45, 2.75) is 27.1 Å². The van der Waals surface area contributed by atoms with Crippen LogP contribution in [0.4, 0.5) is 13.2 Å². The van der Waals surface area contributed by atoms with Gasteiger partial charge in [0.15, 0.2) is 0 Å². The van der Waals surface area contributed by atoms with Crippen molar-refractivity contribution < 1.29 is 17.9 Å². The van der Waals surface area contributed by atoms with Gasteiger partial charge >= 0.3 is 6.36 Å². The van der Waals surface area contributed by atoms with Crippen LogP contribution in [-0.2, 0) is 0 Å². The summed E-state index contributed by atoms with van der Waals surface area (Å²) < 4.78 is 39.7. The first kappa shape index (κ1) is 10.9. The van der Waals surface area contributed by atoms with Gasteiger partial charge in [-0.05, 0) is 43.5 Å². The van der Waals surface area contributed by atoms with Gasteiger partial charge in [-0.2, -0.15) is 0 Å². The van der Waals surface area contributed by atoms with E-state index in [1.807, 2.05) is 6.92 Å². The lowest BCUT2D eigenvalue weighted by molar-refractivity contribution is -0.274. The van der Waals surface area contributed by atoms with Gasteiger partial charge in [-0.25, -0.2) is 0 Å². The summed E-state index contributed by atoms with van der Waals surface area (Å²) >= 11 is 0. The predicted molar refractivity (Wildman–Crippen MR) is 47.3 cm³/mol. The number of aryl methyl sites for hydroxylation is 1. The van der Waals surface area contributed by atoms with Crippen LogP contribution in [-0.4, -0.2) is 6.36 Å². The first-order chi connectivity index (χ1) is 6.31. The molecule has 1 rings (SSSR count). The number of benzene rings is 1. The third kappa shape index (κ3) is 2.40. The van der Waals surface area contributed by atoms with Gasteiger partial charge in [0.25, 0.3) is 0 Å². The average Bonchev–Trinajstić information content (AvgIpc) is 2.04. The maximum absolute atomic E-state index is 11.9. The Hall–Kier alpha value is -1.19. The predicted octanol–water partition coefficient (Wildman–Crippen LogP) is 3.51. The molecule has 0 aliphatic heterocycles. The minimum Gasteiger partial charge on any atom is -0.406 e. The van der Waals surface area contributed by atoms with Crippen molar-refractivity contribution in [2.75, 3.05) is 0 Å². The van der Waals surface area contributed by atoms with E-state index < -0.39 is 6.36 Å². The largest absolute Gasteiger partial charge is 0.573 e. The van der Waals surface area contributed by atoms with Crippen LogP contribution < -0.4 is 4.74 Å². The highest BCUT2D eigenvalue weighted by Gasteiger charge is 2.31. The summed E-state index contributed by atoms with van der Waals surface area (Å²) in [6.45, 7) is 5.23. The normalized spacial score (nSPS) is 11.6. The van der Waals surface area contributed by atoms with Crippen molar-refractivity contribution in [1.82, 2.24) is 0 Å². The van der Waals surface area contributed by atoms with Crippen molar-refractivity contribution >= 4 is 0 Å². The summed E-state index contributed by atoms with van der Waals surface area (Å²) in [6, 6.07) is 2.95. The molecule has 0 bridgehead atoms. The Balaban J connectivity index is 3.06. The van der Waals surface area contributed by atoms with Crippen molar-refractivity contribution in [3.63, 3.8) is 0 Å². The Kier molecular flexibility index (Phi) is 2.73. The molecule has 14 heavy (non-hydrogen) atoms. The van der Waals surface area contributed by atoms with Gasteiger partial charge in [0.2, 0.25) is 0 Å². The van der Waals surface area contributed by atoms with E-state index in [9.17, 15) is 13.2 Å². The lowest BCUT2D eigenvalue weighted by Gasteiger charge is -2.13. The Bertz CT molecular complexity index is 342. The number of alkyl halides is 3. The van der Waals surface area contributed by atoms with Gasteiger partial charge < -0.3 is 4.74 Å². The van der Waals surface area contributed by atoms with Gasteiger partial charge in [0.1, 0.15) is 5.75 Å². The highest BCUT2D eigenvalue weighted by atomic mass is 19.4. The highest BCUT2D eigenvalue weighted by molar-refractivity contribution is 5.42. The van der Waals surface area contributed by atoms with Crippen molar-refractivity contribution in [3.8, 4) is 5.75 Å². The fourth-order valence-corrected chi connectivity index (χ4v) is 1.17. The average molecular weight is 204 g/mol. The first-order valence-corrected chi connectivity index (χ1v) is 4.14. The molecule has 1 aromatic carbocycles. The van der Waals surface area contributed by atoms with Crippen LogP contribution in [0.3, 0.4) is 0 Å². The van der Waals surface area contributed by atoms with E-state index in [1.54, 1.807) is 19.9 Å². The molecule has 0 aromatic heterocycles. The molecule has 0 spiro atoms. The molecule has 1 aromatic rings. The van der Waals surface area contributed by atoms with E-state index >= 15 is 0 Å². The van der Waals surface area contributed by atoms with Crippen LogP contribution in [0.25, 0.3) is 0 Å². The van der Waals surface area contributed by atoms with Crippen molar-refractivity contribution in [2.24, 2.45) is 0 Å². The zero-order valence-corrected chi connectivity index (χ0v) is 8.20. The molecular weight excluding hydrogens is 193 g/mol. The van der Waals surface area contributed by atoms with E-state index in [4.69, 9.17) is 0 Å². The van der Waals surface area contributed by atoms with E-state index in [0.29, 0.717) is 5.56 Å². The molecule has 0 heterocycles. The number of ether oxygens (including phenoxy) is 1. The maximum Gasteiger partial charge on any atom is 0.573 e. The number of hydrogen-bond donors (Lipinski definition) is 0. The zero-order valence-electron chi connectivity index (χ0n) is 8.20. The fraction of sp³-hybridized carbons (Fsp3) is 0.400. The Morgan fingerprint density at radius 1 is 1.00 bits per heavy atom. The van der Waals surface area contributed by atoms with Crippen molar-refractivity contribution in [1.29, 1.82) is 0 Å². The van der Waals surface area contributed by atoms with E-state index in [-0.39, 0.29) is 5.75 Å². The first-order valence-electron chi connectivity index (χ1n) is 4.14. The van der Waals surface area contributed by atoms with E-state index in [1.165, 1.54) is 6.07 Å². The van der Waals surface area contributed by atoms with Gasteiger partial charge in [-0.3, -0.25) is 0 Å². The molecule has 0 saturated carbocycles. The van der Waals surface area contributed by atoms with Crippen LogP contribution in [0.15, 0.2) is 12.1 Å². The summed E-state index contributed by atoms with van der Waals surface area (Å²) in [4.78, 5) is 0. The fourth-order valence-electron chi connectivity index (χ4n) is 1.17. The monoisotopic (exact) mass is 204 g/mol. The zero-order chi connectivity index (χ0) is 10.9. The second-order valence-corrected chi connectivity index (χ2v) is 3.18. The number of rotatable bonds is 1. The Labute approximate surface area is 80.5 Å². The topological polar surface area (TPSA) is 9.23 Å². The molecule has 0 unspecified atom stereocenters. The van der Waals surface area contributed by atoms with Crippen LogP contribution in [0.1, 0.15) is 16.7 Å². The molecule has 0 aliphatic rings. The van der Waals surface area contributed by atoms with Crippen molar-refractivity contribution in [3.05, 3.63) is 28.8 Å². The molecule has 0 atom stereocenters. The minimum atomic E-state index is -4.62. The molecule has 78 valence electrons. The van der Waals surface area contributed by atoms with Gasteiger partial charge in [-0.15, -0.1) is 13.2 Å². The third-order valence-electron chi connectivity index (χ3n) is 2.23. The molecule has 0 aliphatic carbocycles. The third-order valence-corrected chi connectivity index (χ3v) is 2.23. The van der Waals surface area contributed by atoms with Crippen LogP contribution in [0.5, 0.6) is 5.75 Å². The van der Waals surface area contributed by atoms with Crippen LogP contribution >= 0.6 is 0 Å². The van der Waals surface area contributed by atoms with E-state index in [2.05, 4.69) is 4.74 Å². The molecule has 0 saturated heterocycles. The molecular formula is C10H11F3O. The minimum absolute atomic E-state index is 0.124. The summed E-state index contributed by atoms with van der Waals surface area (Å²) in [5, 5.41) is 0. The quantitative estimate of drug-likeness (QED) is 0.680. The molecule has 4 heteroatoms. The molecule has 0 N–H and O–H groups in total. The summed E-state index contributed by atoms with van der Waals surface area (Å²) in [5.41, 5.74) is 2.31. The highest BCUT2D eigenvalue weighted by Crippen LogP contribution is 2.28.